The maximum Gasteiger partial charge on any atom is 0.330 e. The molecule has 0 amide bonds. The van der Waals surface area contributed by atoms with Crippen LogP contribution in [0.25, 0.3) is 11.1 Å². The highest BCUT2D eigenvalue weighted by molar-refractivity contribution is 5.91. The molecule has 0 N–H and O–H groups in total. The Balaban J connectivity index is 1.92. The Morgan fingerprint density at radius 1 is 0.763 bits per heavy atom. The summed E-state index contributed by atoms with van der Waals surface area (Å²) in [7, 11) is 0. The van der Waals surface area contributed by atoms with Gasteiger partial charge in [-0.25, -0.2) is 4.79 Å². The summed E-state index contributed by atoms with van der Waals surface area (Å²) in [5.74, 6) is -1.08. The molecule has 0 aliphatic heterocycles. The van der Waals surface area contributed by atoms with Gasteiger partial charge in [0.1, 0.15) is 23.5 Å². The van der Waals surface area contributed by atoms with Crippen LogP contribution in [0, 0.1) is 5.92 Å². The number of carbonyl (C=O) groups excluding carboxylic acids is 2. The van der Waals surface area contributed by atoms with Gasteiger partial charge >= 0.3 is 5.97 Å². The van der Waals surface area contributed by atoms with Crippen LogP contribution in [0.3, 0.4) is 0 Å². The molecule has 4 aromatic rings. The summed E-state index contributed by atoms with van der Waals surface area (Å²) in [5, 5.41) is 0. The number of carbonyl (C=O) groups is 2. The number of rotatable bonds is 7. The van der Waals surface area contributed by atoms with Crippen molar-refractivity contribution in [2.45, 2.75) is 44.9 Å². The smallest absolute Gasteiger partial charge is 0.330 e. The predicted octanol–water partition coefficient (Wildman–Crippen LogP) is 7.01. The van der Waals surface area contributed by atoms with Gasteiger partial charge in [0.2, 0.25) is 0 Å². The Morgan fingerprint density at radius 2 is 1.24 bits per heavy atom. The first-order chi connectivity index (χ1) is 18.3. The fourth-order valence-corrected chi connectivity index (χ4v) is 5.74. The van der Waals surface area contributed by atoms with Gasteiger partial charge in [-0.15, -0.1) is 0 Å². The second-order valence-electron chi connectivity index (χ2n) is 10.8. The van der Waals surface area contributed by atoms with Crippen LogP contribution >= 0.6 is 0 Å². The third kappa shape index (κ3) is 4.20. The number of benzene rings is 4. The van der Waals surface area contributed by atoms with Crippen molar-refractivity contribution in [1.29, 1.82) is 0 Å². The number of nitrogens with zero attached hydrogens (tertiary/aromatic N) is 1. The van der Waals surface area contributed by atoms with Gasteiger partial charge in [0, 0.05) is 11.6 Å². The summed E-state index contributed by atoms with van der Waals surface area (Å²) in [6.07, 6.45) is 0.857. The molecule has 0 saturated heterocycles. The summed E-state index contributed by atoms with van der Waals surface area (Å²) in [6, 6.07) is 35.9. The molecule has 0 radical (unpaired) electrons. The van der Waals surface area contributed by atoms with Crippen molar-refractivity contribution in [3.8, 4) is 11.1 Å². The molecule has 4 nitrogen and oxygen atoms in total. The molecule has 0 fully saturated rings. The molecule has 0 unspecified atom stereocenters. The third-order valence-electron chi connectivity index (χ3n) is 7.15. The van der Waals surface area contributed by atoms with Gasteiger partial charge < -0.3 is 14.4 Å². The fourth-order valence-electron chi connectivity index (χ4n) is 5.74. The molecule has 1 aliphatic carbocycles. The standard InChI is InChI=1S/C34H33NO3/c1-24(23-36)31(32(37)38-33(2,3)4)35(26-17-9-6-10-18-26)34(25-15-7-5-8-16-25)29-21-13-11-19-27(29)28-20-12-14-22-30(28)34/h5-24,31H,1-4H3/t24-,31-/m0/s1. The van der Waals surface area contributed by atoms with E-state index in [1.165, 1.54) is 0 Å². The second-order valence-corrected chi connectivity index (χ2v) is 10.8. The lowest BCUT2D eigenvalue weighted by Crippen LogP contribution is -2.58. The van der Waals surface area contributed by atoms with Crippen molar-refractivity contribution in [2.24, 2.45) is 5.92 Å². The van der Waals surface area contributed by atoms with E-state index < -0.39 is 29.1 Å². The molecule has 0 aromatic heterocycles. The minimum Gasteiger partial charge on any atom is -0.458 e. The van der Waals surface area contributed by atoms with Crippen molar-refractivity contribution >= 4 is 17.9 Å². The number of ether oxygens (including phenoxy) is 1. The zero-order valence-corrected chi connectivity index (χ0v) is 22.3. The highest BCUT2D eigenvalue weighted by Crippen LogP contribution is 2.56. The van der Waals surface area contributed by atoms with Crippen molar-refractivity contribution in [1.82, 2.24) is 0 Å². The summed E-state index contributed by atoms with van der Waals surface area (Å²) >= 11 is 0. The number of aldehydes is 1. The van der Waals surface area contributed by atoms with E-state index in [2.05, 4.69) is 41.3 Å². The van der Waals surface area contributed by atoms with E-state index >= 15 is 0 Å². The Kier molecular flexibility index (Phi) is 6.66. The molecular weight excluding hydrogens is 470 g/mol. The van der Waals surface area contributed by atoms with E-state index in [1.54, 1.807) is 6.92 Å². The Hall–Kier alpha value is -4.18. The summed E-state index contributed by atoms with van der Waals surface area (Å²) in [5.41, 5.74) is 4.55. The van der Waals surface area contributed by atoms with Crippen LogP contribution in [0.1, 0.15) is 44.4 Å². The van der Waals surface area contributed by atoms with Crippen LogP contribution in [0.15, 0.2) is 109 Å². The summed E-state index contributed by atoms with van der Waals surface area (Å²) in [4.78, 5) is 28.7. The number of hydrogen-bond acceptors (Lipinski definition) is 4. The van der Waals surface area contributed by atoms with Crippen molar-refractivity contribution < 1.29 is 14.3 Å². The van der Waals surface area contributed by atoms with Crippen LogP contribution in [-0.4, -0.2) is 23.9 Å². The van der Waals surface area contributed by atoms with Crippen LogP contribution in [0.2, 0.25) is 0 Å². The monoisotopic (exact) mass is 503 g/mol. The molecule has 0 spiro atoms. The van der Waals surface area contributed by atoms with Crippen LogP contribution in [0.4, 0.5) is 5.69 Å². The number of esters is 1. The van der Waals surface area contributed by atoms with Crippen LogP contribution in [0.5, 0.6) is 0 Å². The average Bonchev–Trinajstić information content (AvgIpc) is 3.22. The lowest BCUT2D eigenvalue weighted by molar-refractivity contribution is -0.158. The SMILES string of the molecule is C[C@@H](C=O)[C@@H](C(=O)OC(C)(C)C)N(c1ccccc1)C1(c2ccccc2)c2ccccc2-c2ccccc21. The van der Waals surface area contributed by atoms with Crippen LogP contribution < -0.4 is 4.90 Å². The van der Waals surface area contributed by atoms with E-state index in [9.17, 15) is 9.59 Å². The predicted molar refractivity (Wildman–Crippen MR) is 152 cm³/mol. The minimum atomic E-state index is -0.895. The van der Waals surface area contributed by atoms with Crippen LogP contribution in [-0.2, 0) is 19.9 Å². The molecule has 0 heterocycles. The molecule has 0 bridgehead atoms. The molecule has 38 heavy (non-hydrogen) atoms. The van der Waals surface area contributed by atoms with E-state index in [1.807, 2.05) is 93.6 Å². The van der Waals surface area contributed by atoms with E-state index in [-0.39, 0.29) is 0 Å². The molecule has 5 rings (SSSR count). The minimum absolute atomic E-state index is 0.432. The first-order valence-electron chi connectivity index (χ1n) is 13.1. The topological polar surface area (TPSA) is 46.6 Å². The highest BCUT2D eigenvalue weighted by atomic mass is 16.6. The zero-order valence-electron chi connectivity index (χ0n) is 22.3. The number of fused-ring (bicyclic) bond motifs is 3. The third-order valence-corrected chi connectivity index (χ3v) is 7.15. The Morgan fingerprint density at radius 3 is 1.74 bits per heavy atom. The maximum atomic E-state index is 14.1. The highest BCUT2D eigenvalue weighted by Gasteiger charge is 2.54. The van der Waals surface area contributed by atoms with Crippen molar-refractivity contribution in [3.05, 3.63) is 126 Å². The largest absolute Gasteiger partial charge is 0.458 e. The molecule has 192 valence electrons. The molecule has 4 aromatic carbocycles. The Labute approximate surface area is 224 Å². The van der Waals surface area contributed by atoms with Crippen molar-refractivity contribution in [3.63, 3.8) is 0 Å². The second kappa shape index (κ2) is 9.94. The number of hydrogen-bond donors (Lipinski definition) is 0. The van der Waals surface area contributed by atoms with Gasteiger partial charge in [0.05, 0.1) is 0 Å². The van der Waals surface area contributed by atoms with E-state index in [4.69, 9.17) is 4.74 Å². The molecule has 1 aliphatic rings. The van der Waals surface area contributed by atoms with Gasteiger partial charge in [-0.3, -0.25) is 0 Å². The van der Waals surface area contributed by atoms with Gasteiger partial charge in [-0.2, -0.15) is 0 Å². The van der Waals surface area contributed by atoms with E-state index in [0.29, 0.717) is 0 Å². The quantitative estimate of drug-likeness (QED) is 0.201. The summed E-state index contributed by atoms with van der Waals surface area (Å²) < 4.78 is 6.00. The molecule has 2 atom stereocenters. The zero-order chi connectivity index (χ0) is 26.9. The average molecular weight is 504 g/mol. The maximum absolute atomic E-state index is 14.1. The van der Waals surface area contributed by atoms with Gasteiger partial charge in [-0.05, 0) is 60.7 Å². The number of para-hydroxylation sites is 1. The first kappa shape index (κ1) is 25.5. The Bertz CT molecular complexity index is 1390. The fraction of sp³-hybridized carbons (Fsp3) is 0.235. The van der Waals surface area contributed by atoms with Gasteiger partial charge in [-0.1, -0.05) is 104 Å². The first-order valence-corrected chi connectivity index (χ1v) is 13.1. The lowest BCUT2D eigenvalue weighted by atomic mass is 9.76. The van der Waals surface area contributed by atoms with E-state index in [0.717, 1.165) is 39.8 Å². The normalized spacial score (nSPS) is 15.1. The molecule has 4 heteroatoms. The summed E-state index contributed by atoms with van der Waals surface area (Å²) in [6.45, 7) is 7.36. The molecular formula is C34H33NO3. The number of anilines is 1. The lowest BCUT2D eigenvalue weighted by Gasteiger charge is -2.49. The van der Waals surface area contributed by atoms with Crippen molar-refractivity contribution in [2.75, 3.05) is 4.90 Å². The van der Waals surface area contributed by atoms with Gasteiger partial charge in [0.15, 0.2) is 0 Å². The molecule has 0 saturated carbocycles. The van der Waals surface area contributed by atoms with Gasteiger partial charge in [0.25, 0.3) is 0 Å².